The van der Waals surface area contributed by atoms with E-state index < -0.39 is 5.60 Å². The van der Waals surface area contributed by atoms with Gasteiger partial charge in [0.15, 0.2) is 0 Å². The van der Waals surface area contributed by atoms with E-state index in [9.17, 15) is 4.79 Å². The van der Waals surface area contributed by atoms with Crippen molar-refractivity contribution in [3.05, 3.63) is 23.2 Å². The summed E-state index contributed by atoms with van der Waals surface area (Å²) >= 11 is 6.27. The smallest absolute Gasteiger partial charge is 0.256 e. The molecular weight excluding hydrogens is 342 g/mol. The van der Waals surface area contributed by atoms with Crippen molar-refractivity contribution in [1.82, 2.24) is 0 Å². The molecule has 6 heteroatoms. The summed E-state index contributed by atoms with van der Waals surface area (Å²) in [4.78, 5) is 12.7. The molecule has 0 aliphatic rings. The van der Waals surface area contributed by atoms with Crippen molar-refractivity contribution < 1.29 is 19.0 Å². The third kappa shape index (κ3) is 6.84. The average Bonchev–Trinajstić information content (AvgIpc) is 2.56. The molecule has 0 fully saturated rings. The zero-order valence-electron chi connectivity index (χ0n) is 15.9. The lowest BCUT2D eigenvalue weighted by Gasteiger charge is -2.28. The fourth-order valence-electron chi connectivity index (χ4n) is 2.51. The van der Waals surface area contributed by atoms with Gasteiger partial charge in [-0.25, -0.2) is 0 Å². The highest BCUT2D eigenvalue weighted by Gasteiger charge is 2.33. The molecule has 1 aromatic carbocycles. The predicted octanol–water partition coefficient (Wildman–Crippen LogP) is 4.68. The molecule has 5 nitrogen and oxygen atoms in total. The molecule has 0 radical (unpaired) electrons. The van der Waals surface area contributed by atoms with Crippen LogP contribution in [0, 0.1) is 0 Å². The van der Waals surface area contributed by atoms with Crippen LogP contribution < -0.4 is 10.1 Å². The summed E-state index contributed by atoms with van der Waals surface area (Å²) < 4.78 is 16.5. The molecule has 1 aromatic rings. The lowest BCUT2D eigenvalue weighted by molar-refractivity contribution is -0.139. The number of nitrogens with one attached hydrogen (secondary N) is 1. The molecule has 0 aromatic heterocycles. The zero-order valence-corrected chi connectivity index (χ0v) is 16.6. The average molecular weight is 372 g/mol. The Kier molecular flexibility index (Phi) is 9.25. The van der Waals surface area contributed by atoms with Gasteiger partial charge in [-0.15, -0.1) is 0 Å². The molecule has 2 atom stereocenters. The number of carbonyl (C=O) groups excluding carboxylic acids is 1. The van der Waals surface area contributed by atoms with Crippen molar-refractivity contribution >= 4 is 23.2 Å². The molecule has 0 saturated heterocycles. The largest absolute Gasteiger partial charge is 0.487 e. The van der Waals surface area contributed by atoms with Crippen LogP contribution in [-0.2, 0) is 14.3 Å². The minimum atomic E-state index is -0.848. The quantitative estimate of drug-likeness (QED) is 0.613. The van der Waals surface area contributed by atoms with E-state index >= 15 is 0 Å². The maximum atomic E-state index is 12.7. The van der Waals surface area contributed by atoms with Gasteiger partial charge < -0.3 is 19.5 Å². The van der Waals surface area contributed by atoms with Crippen molar-refractivity contribution in [3.8, 4) is 5.75 Å². The van der Waals surface area contributed by atoms with Crippen molar-refractivity contribution in [2.45, 2.75) is 58.7 Å². The van der Waals surface area contributed by atoms with Crippen LogP contribution in [0.2, 0.25) is 5.02 Å². The van der Waals surface area contributed by atoms with Crippen molar-refractivity contribution in [1.29, 1.82) is 0 Å². The highest BCUT2D eigenvalue weighted by Crippen LogP contribution is 2.29. The van der Waals surface area contributed by atoms with Gasteiger partial charge >= 0.3 is 0 Å². The number of rotatable bonds is 11. The van der Waals surface area contributed by atoms with E-state index in [1.54, 1.807) is 25.3 Å². The summed E-state index contributed by atoms with van der Waals surface area (Å²) in [5.41, 5.74) is -0.233. The first kappa shape index (κ1) is 21.7. The van der Waals surface area contributed by atoms with Gasteiger partial charge in [-0.2, -0.15) is 0 Å². The minimum absolute atomic E-state index is 0.113. The molecule has 1 rings (SSSR count). The number of carbonyl (C=O) groups is 1. The lowest BCUT2D eigenvalue weighted by atomic mass is 9.97. The lowest BCUT2D eigenvalue weighted by Crippen LogP contribution is -2.42. The molecule has 1 amide bonds. The second-order valence-electron chi connectivity index (χ2n) is 6.25. The van der Waals surface area contributed by atoms with Crippen LogP contribution in [0.15, 0.2) is 18.2 Å². The van der Waals surface area contributed by atoms with Gasteiger partial charge in [0.2, 0.25) is 0 Å². The van der Waals surface area contributed by atoms with Crippen LogP contribution in [0.3, 0.4) is 0 Å². The van der Waals surface area contributed by atoms with E-state index in [1.165, 1.54) is 0 Å². The molecule has 25 heavy (non-hydrogen) atoms. The summed E-state index contributed by atoms with van der Waals surface area (Å²) in [5, 5.41) is 3.33. The van der Waals surface area contributed by atoms with E-state index in [0.29, 0.717) is 36.1 Å². The number of ether oxygens (including phenoxy) is 3. The SMILES string of the molecule is CCCCC(C)(OCC)C(=O)Nc1ccc(OC(C)COC)c(Cl)c1. The van der Waals surface area contributed by atoms with Crippen LogP contribution in [0.1, 0.15) is 47.0 Å². The number of unbranched alkanes of at least 4 members (excludes halogenated alkanes) is 1. The van der Waals surface area contributed by atoms with Crippen LogP contribution in [0.4, 0.5) is 5.69 Å². The molecule has 0 heterocycles. The molecule has 142 valence electrons. The van der Waals surface area contributed by atoms with Gasteiger partial charge in [-0.3, -0.25) is 4.79 Å². The van der Waals surface area contributed by atoms with Crippen LogP contribution in [-0.4, -0.2) is 37.9 Å². The molecule has 0 bridgehead atoms. The second kappa shape index (κ2) is 10.6. The normalized spacial score (nSPS) is 14.6. The molecular formula is C19H30ClNO4. The van der Waals surface area contributed by atoms with Crippen molar-refractivity contribution in [2.24, 2.45) is 0 Å². The van der Waals surface area contributed by atoms with Gasteiger partial charge in [0.1, 0.15) is 17.5 Å². The Labute approximate surface area is 156 Å². The number of anilines is 1. The minimum Gasteiger partial charge on any atom is -0.487 e. The Bertz CT molecular complexity index is 552. The van der Waals surface area contributed by atoms with Gasteiger partial charge in [0.05, 0.1) is 11.6 Å². The monoisotopic (exact) mass is 371 g/mol. The molecule has 2 unspecified atom stereocenters. The molecule has 0 spiro atoms. The fraction of sp³-hybridized carbons (Fsp3) is 0.632. The van der Waals surface area contributed by atoms with Gasteiger partial charge in [0.25, 0.3) is 5.91 Å². The Morgan fingerprint density at radius 2 is 2.08 bits per heavy atom. The summed E-state index contributed by atoms with van der Waals surface area (Å²) in [5.74, 6) is 0.392. The third-order valence-electron chi connectivity index (χ3n) is 3.87. The Balaban J connectivity index is 2.81. The van der Waals surface area contributed by atoms with E-state index in [1.807, 2.05) is 20.8 Å². The molecule has 0 aliphatic heterocycles. The molecule has 1 N–H and O–H groups in total. The van der Waals surface area contributed by atoms with E-state index in [4.69, 9.17) is 25.8 Å². The maximum Gasteiger partial charge on any atom is 0.256 e. The summed E-state index contributed by atoms with van der Waals surface area (Å²) in [6, 6.07) is 5.19. The fourth-order valence-corrected chi connectivity index (χ4v) is 2.73. The maximum absolute atomic E-state index is 12.7. The summed E-state index contributed by atoms with van der Waals surface area (Å²) in [7, 11) is 1.62. The van der Waals surface area contributed by atoms with Gasteiger partial charge in [-0.05, 0) is 45.4 Å². The van der Waals surface area contributed by atoms with Crippen LogP contribution >= 0.6 is 11.6 Å². The zero-order chi connectivity index (χ0) is 18.9. The predicted molar refractivity (Wildman–Crippen MR) is 102 cm³/mol. The van der Waals surface area contributed by atoms with Gasteiger partial charge in [0, 0.05) is 19.4 Å². The highest BCUT2D eigenvalue weighted by atomic mass is 35.5. The number of halogens is 1. The first-order valence-electron chi connectivity index (χ1n) is 8.76. The van der Waals surface area contributed by atoms with Crippen LogP contribution in [0.25, 0.3) is 0 Å². The summed E-state index contributed by atoms with van der Waals surface area (Å²) in [6.45, 7) is 8.66. The Morgan fingerprint density at radius 3 is 2.64 bits per heavy atom. The first-order valence-corrected chi connectivity index (χ1v) is 9.14. The first-order chi connectivity index (χ1) is 11.9. The molecule has 0 aliphatic carbocycles. The van der Waals surface area contributed by atoms with Crippen LogP contribution in [0.5, 0.6) is 5.75 Å². The highest BCUT2D eigenvalue weighted by molar-refractivity contribution is 6.32. The van der Waals surface area contributed by atoms with E-state index in [-0.39, 0.29) is 12.0 Å². The number of amides is 1. The topological polar surface area (TPSA) is 56.8 Å². The number of hydrogen-bond acceptors (Lipinski definition) is 4. The van der Waals surface area contributed by atoms with Crippen molar-refractivity contribution in [3.63, 3.8) is 0 Å². The molecule has 0 saturated carbocycles. The summed E-state index contributed by atoms with van der Waals surface area (Å²) in [6.07, 6.45) is 2.49. The van der Waals surface area contributed by atoms with Crippen molar-refractivity contribution in [2.75, 3.05) is 25.6 Å². The standard InChI is InChI=1S/C19H30ClNO4/c1-6-8-11-19(4,24-7-2)18(22)21-15-9-10-17(16(20)12-15)25-14(3)13-23-5/h9-10,12,14H,6-8,11,13H2,1-5H3,(H,21,22). The van der Waals surface area contributed by atoms with E-state index in [0.717, 1.165) is 12.8 Å². The Hall–Kier alpha value is -1.30. The van der Waals surface area contributed by atoms with Gasteiger partial charge in [-0.1, -0.05) is 31.4 Å². The Morgan fingerprint density at radius 1 is 1.36 bits per heavy atom. The number of benzene rings is 1. The van der Waals surface area contributed by atoms with E-state index in [2.05, 4.69) is 12.2 Å². The number of methoxy groups -OCH3 is 1. The second-order valence-corrected chi connectivity index (χ2v) is 6.66. The number of hydrogen-bond donors (Lipinski definition) is 1. The third-order valence-corrected chi connectivity index (χ3v) is 4.17.